The highest BCUT2D eigenvalue weighted by Crippen LogP contribution is 2.40. The summed E-state index contributed by atoms with van der Waals surface area (Å²) in [5.41, 5.74) is 1.47. The number of aliphatic hydroxyl groups excluding tert-OH is 1. The summed E-state index contributed by atoms with van der Waals surface area (Å²) in [7, 11) is 0. The lowest BCUT2D eigenvalue weighted by Crippen LogP contribution is -2.51. The van der Waals surface area contributed by atoms with Crippen LogP contribution in [0.4, 0.5) is 10.1 Å². The van der Waals surface area contributed by atoms with Gasteiger partial charge in [0, 0.05) is 11.4 Å². The van der Waals surface area contributed by atoms with E-state index in [0.717, 1.165) is 29.2 Å². The second kappa shape index (κ2) is 5.33. The number of hydrogen-bond acceptors (Lipinski definition) is 3. The zero-order valence-electron chi connectivity index (χ0n) is 11.8. The molecule has 1 aromatic rings. The molecule has 1 unspecified atom stereocenters. The summed E-state index contributed by atoms with van der Waals surface area (Å²) < 4.78 is 13.5. The van der Waals surface area contributed by atoms with E-state index in [0.29, 0.717) is 0 Å². The van der Waals surface area contributed by atoms with Gasteiger partial charge in [0.15, 0.2) is 0 Å². The highest BCUT2D eigenvalue weighted by atomic mass is 32.2. The second-order valence-corrected chi connectivity index (χ2v) is 7.40. The maximum Gasteiger partial charge on any atom is 0.125 e. The lowest BCUT2D eigenvalue weighted by atomic mass is 9.80. The van der Waals surface area contributed by atoms with E-state index in [4.69, 9.17) is 0 Å². The summed E-state index contributed by atoms with van der Waals surface area (Å²) in [6.45, 7) is 6.36. The Morgan fingerprint density at radius 1 is 1.32 bits per heavy atom. The quantitative estimate of drug-likeness (QED) is 0.891. The van der Waals surface area contributed by atoms with Gasteiger partial charge in [0.05, 0.1) is 12.1 Å². The highest BCUT2D eigenvalue weighted by Gasteiger charge is 2.40. The molecule has 0 saturated carbocycles. The molecule has 0 spiro atoms. The van der Waals surface area contributed by atoms with Crippen LogP contribution >= 0.6 is 11.8 Å². The van der Waals surface area contributed by atoms with E-state index in [9.17, 15) is 9.50 Å². The first-order chi connectivity index (χ1) is 8.84. The fourth-order valence-corrected chi connectivity index (χ4v) is 4.29. The summed E-state index contributed by atoms with van der Waals surface area (Å²) in [5.74, 6) is 1.71. The van der Waals surface area contributed by atoms with Gasteiger partial charge in [-0.1, -0.05) is 13.8 Å². The van der Waals surface area contributed by atoms with Gasteiger partial charge in [-0.3, -0.25) is 0 Å². The van der Waals surface area contributed by atoms with Crippen molar-refractivity contribution in [2.75, 3.05) is 23.4 Å². The summed E-state index contributed by atoms with van der Waals surface area (Å²) in [5, 5.41) is 13.2. The van der Waals surface area contributed by atoms with Crippen molar-refractivity contribution in [3.63, 3.8) is 0 Å². The molecule has 0 bridgehead atoms. The van der Waals surface area contributed by atoms with Crippen molar-refractivity contribution >= 4 is 17.4 Å². The van der Waals surface area contributed by atoms with Crippen molar-refractivity contribution in [1.29, 1.82) is 0 Å². The molecule has 1 fully saturated rings. The fraction of sp³-hybridized carbons (Fsp3) is 0.600. The summed E-state index contributed by atoms with van der Waals surface area (Å²) in [6.07, 6.45) is 0.888. The normalized spacial score (nSPS) is 26.2. The van der Waals surface area contributed by atoms with Gasteiger partial charge < -0.3 is 10.4 Å². The van der Waals surface area contributed by atoms with E-state index in [2.05, 4.69) is 19.2 Å². The Labute approximate surface area is 118 Å². The number of thioether (sulfide) groups is 1. The van der Waals surface area contributed by atoms with Gasteiger partial charge in [-0.05, 0) is 48.3 Å². The van der Waals surface area contributed by atoms with Crippen LogP contribution in [0.5, 0.6) is 0 Å². The Morgan fingerprint density at radius 3 is 2.63 bits per heavy atom. The Bertz CT molecular complexity index is 443. The molecule has 0 amide bonds. The Balaban J connectivity index is 2.22. The van der Waals surface area contributed by atoms with Crippen molar-refractivity contribution in [2.24, 2.45) is 5.41 Å². The SMILES string of the molecule is Cc1cc(F)cc(NC2(CO)CSCC(C)(C)C2)c1. The van der Waals surface area contributed by atoms with Crippen LogP contribution in [0, 0.1) is 18.2 Å². The molecule has 0 aromatic heterocycles. The van der Waals surface area contributed by atoms with Crippen molar-refractivity contribution in [1.82, 2.24) is 0 Å². The van der Waals surface area contributed by atoms with E-state index in [1.807, 2.05) is 24.8 Å². The number of aryl methyl sites for hydroxylation is 1. The van der Waals surface area contributed by atoms with Gasteiger partial charge in [-0.15, -0.1) is 0 Å². The lowest BCUT2D eigenvalue weighted by molar-refractivity contribution is 0.174. The van der Waals surface area contributed by atoms with Crippen molar-refractivity contribution in [2.45, 2.75) is 32.7 Å². The molecule has 106 valence electrons. The first-order valence-corrected chi connectivity index (χ1v) is 7.74. The zero-order valence-corrected chi connectivity index (χ0v) is 12.6. The number of hydrogen-bond donors (Lipinski definition) is 2. The number of aliphatic hydroxyl groups is 1. The molecular formula is C15H22FNOS. The molecule has 1 atom stereocenters. The third-order valence-corrected chi connectivity index (χ3v) is 5.18. The second-order valence-electron chi connectivity index (χ2n) is 6.41. The van der Waals surface area contributed by atoms with Gasteiger partial charge in [0.1, 0.15) is 5.82 Å². The molecule has 1 aliphatic heterocycles. The molecule has 1 aromatic carbocycles. The maximum absolute atomic E-state index is 13.5. The molecular weight excluding hydrogens is 261 g/mol. The average Bonchev–Trinajstić information content (AvgIpc) is 2.26. The van der Waals surface area contributed by atoms with Crippen LogP contribution in [0.25, 0.3) is 0 Å². The number of rotatable bonds is 3. The van der Waals surface area contributed by atoms with Crippen LogP contribution in [0.2, 0.25) is 0 Å². The molecule has 2 nitrogen and oxygen atoms in total. The highest BCUT2D eigenvalue weighted by molar-refractivity contribution is 7.99. The monoisotopic (exact) mass is 283 g/mol. The number of anilines is 1. The van der Waals surface area contributed by atoms with Crippen LogP contribution in [0.15, 0.2) is 18.2 Å². The first kappa shape index (κ1) is 14.7. The molecule has 1 aliphatic rings. The lowest BCUT2D eigenvalue weighted by Gasteiger charge is -2.44. The van der Waals surface area contributed by atoms with Gasteiger partial charge >= 0.3 is 0 Å². The van der Waals surface area contributed by atoms with Crippen LogP contribution in [-0.2, 0) is 0 Å². The molecule has 4 heteroatoms. The number of halogens is 1. The standard InChI is InChI=1S/C15H22FNOS/c1-11-4-12(16)6-13(5-11)17-15(8-18)7-14(2,3)9-19-10-15/h4-6,17-18H,7-10H2,1-3H3. The van der Waals surface area contributed by atoms with Gasteiger partial charge in [0.2, 0.25) is 0 Å². The fourth-order valence-electron chi connectivity index (χ4n) is 2.88. The van der Waals surface area contributed by atoms with Crippen LogP contribution < -0.4 is 5.32 Å². The van der Waals surface area contributed by atoms with E-state index in [1.54, 1.807) is 0 Å². The predicted molar refractivity (Wildman–Crippen MR) is 80.3 cm³/mol. The molecule has 2 N–H and O–H groups in total. The van der Waals surface area contributed by atoms with E-state index < -0.39 is 0 Å². The molecule has 0 radical (unpaired) electrons. The molecule has 2 rings (SSSR count). The largest absolute Gasteiger partial charge is 0.394 e. The maximum atomic E-state index is 13.5. The van der Waals surface area contributed by atoms with E-state index >= 15 is 0 Å². The summed E-state index contributed by atoms with van der Waals surface area (Å²) >= 11 is 1.84. The third kappa shape index (κ3) is 3.63. The zero-order chi connectivity index (χ0) is 14.1. The minimum atomic E-state index is -0.355. The molecule has 1 heterocycles. The first-order valence-electron chi connectivity index (χ1n) is 6.58. The smallest absolute Gasteiger partial charge is 0.125 e. The Morgan fingerprint density at radius 2 is 2.05 bits per heavy atom. The van der Waals surface area contributed by atoms with Crippen molar-refractivity contribution in [3.8, 4) is 0 Å². The van der Waals surface area contributed by atoms with Gasteiger partial charge in [0.25, 0.3) is 0 Å². The van der Waals surface area contributed by atoms with E-state index in [-0.39, 0.29) is 23.4 Å². The van der Waals surface area contributed by atoms with Crippen LogP contribution in [0.1, 0.15) is 25.8 Å². The van der Waals surface area contributed by atoms with E-state index in [1.165, 1.54) is 12.1 Å². The Hall–Kier alpha value is -0.740. The molecule has 1 saturated heterocycles. The van der Waals surface area contributed by atoms with Crippen LogP contribution in [0.3, 0.4) is 0 Å². The minimum absolute atomic E-state index is 0.0684. The van der Waals surface area contributed by atoms with Gasteiger partial charge in [-0.2, -0.15) is 11.8 Å². The molecule has 19 heavy (non-hydrogen) atoms. The van der Waals surface area contributed by atoms with Crippen LogP contribution in [-0.4, -0.2) is 28.8 Å². The number of benzene rings is 1. The van der Waals surface area contributed by atoms with Crippen molar-refractivity contribution < 1.29 is 9.50 Å². The third-order valence-electron chi connectivity index (χ3n) is 3.44. The Kier molecular flexibility index (Phi) is 4.11. The van der Waals surface area contributed by atoms with Crippen molar-refractivity contribution in [3.05, 3.63) is 29.6 Å². The topological polar surface area (TPSA) is 32.3 Å². The molecule has 0 aliphatic carbocycles. The number of nitrogens with one attached hydrogen (secondary N) is 1. The average molecular weight is 283 g/mol. The van der Waals surface area contributed by atoms with Gasteiger partial charge in [-0.25, -0.2) is 4.39 Å². The minimum Gasteiger partial charge on any atom is -0.394 e. The summed E-state index contributed by atoms with van der Waals surface area (Å²) in [4.78, 5) is 0. The predicted octanol–water partition coefficient (Wildman–Crippen LogP) is 3.44. The summed E-state index contributed by atoms with van der Waals surface area (Å²) in [6, 6.07) is 4.93.